The second kappa shape index (κ2) is 7.07. The summed E-state index contributed by atoms with van der Waals surface area (Å²) in [6.45, 7) is 0.0452. The van der Waals surface area contributed by atoms with Crippen LogP contribution in [0.4, 0.5) is 14.5 Å². The highest BCUT2D eigenvalue weighted by Gasteiger charge is 2.22. The van der Waals surface area contributed by atoms with Crippen LogP contribution in [-0.2, 0) is 4.79 Å². The van der Waals surface area contributed by atoms with Crippen molar-refractivity contribution < 1.29 is 28.2 Å². The molecular weight excluding hydrogens is 324 g/mol. The van der Waals surface area contributed by atoms with Crippen molar-refractivity contribution in [2.24, 2.45) is 0 Å². The summed E-state index contributed by atoms with van der Waals surface area (Å²) >= 11 is 0. The van der Waals surface area contributed by atoms with E-state index < -0.39 is 24.5 Å². The number of hydrogen-bond acceptors (Lipinski definition) is 4. The first-order valence-electron chi connectivity index (χ1n) is 6.92. The molecular formula is C15H15F2N3O4. The van der Waals surface area contributed by atoms with Crippen molar-refractivity contribution in [1.29, 1.82) is 0 Å². The zero-order valence-electron chi connectivity index (χ0n) is 12.9. The number of aromatic nitrogens is 2. The number of hydrogen-bond donors (Lipinski definition) is 2. The molecule has 0 saturated heterocycles. The molecule has 0 spiro atoms. The number of carbonyl (C=O) groups is 2. The number of carboxylic acid groups (broad SMARTS) is 1. The highest BCUT2D eigenvalue weighted by molar-refractivity contribution is 6.04. The lowest BCUT2D eigenvalue weighted by Crippen LogP contribution is -2.24. The Balaban J connectivity index is 2.29. The number of alkyl halides is 2. The number of ether oxygens (including phenoxy) is 1. The summed E-state index contributed by atoms with van der Waals surface area (Å²) in [7, 11) is 0. The number of rotatable bonds is 6. The van der Waals surface area contributed by atoms with E-state index >= 15 is 0 Å². The van der Waals surface area contributed by atoms with E-state index in [4.69, 9.17) is 5.11 Å². The highest BCUT2D eigenvalue weighted by Crippen LogP contribution is 2.28. The van der Waals surface area contributed by atoms with Gasteiger partial charge < -0.3 is 15.2 Å². The van der Waals surface area contributed by atoms with Gasteiger partial charge in [-0.05, 0) is 37.6 Å². The molecule has 0 radical (unpaired) electrons. The maximum atomic E-state index is 12.5. The predicted octanol–water partition coefficient (Wildman–Crippen LogP) is 2.69. The number of aliphatic carboxylic acids is 1. The molecule has 0 bridgehead atoms. The Labute approximate surface area is 135 Å². The van der Waals surface area contributed by atoms with Crippen LogP contribution in [0.3, 0.4) is 0 Å². The molecule has 1 unspecified atom stereocenters. The first kappa shape index (κ1) is 17.4. The molecule has 1 heterocycles. The lowest BCUT2D eigenvalue weighted by molar-refractivity contribution is -0.140. The van der Waals surface area contributed by atoms with E-state index in [0.29, 0.717) is 0 Å². The monoisotopic (exact) mass is 339 g/mol. The number of nitrogens with zero attached hydrogens (tertiary/aromatic N) is 2. The topological polar surface area (TPSA) is 93.5 Å². The molecule has 1 amide bonds. The van der Waals surface area contributed by atoms with Crippen LogP contribution in [0.1, 0.15) is 29.0 Å². The van der Waals surface area contributed by atoms with Crippen LogP contribution in [0.5, 0.6) is 5.75 Å². The summed E-state index contributed by atoms with van der Waals surface area (Å²) in [4.78, 5) is 23.4. The Hall–Kier alpha value is -2.97. The first-order chi connectivity index (χ1) is 11.3. The number of nitrogens with one attached hydrogen (secondary N) is 1. The predicted molar refractivity (Wildman–Crippen MR) is 80.3 cm³/mol. The molecule has 0 saturated carbocycles. The van der Waals surface area contributed by atoms with Crippen molar-refractivity contribution >= 4 is 17.6 Å². The second-order valence-corrected chi connectivity index (χ2v) is 5.01. The number of carboxylic acids is 1. The Morgan fingerprint density at radius 1 is 1.33 bits per heavy atom. The van der Waals surface area contributed by atoms with Gasteiger partial charge in [0, 0.05) is 6.20 Å². The maximum absolute atomic E-state index is 12.5. The fourth-order valence-corrected chi connectivity index (χ4v) is 2.03. The molecule has 1 atom stereocenters. The van der Waals surface area contributed by atoms with Gasteiger partial charge in [-0.2, -0.15) is 13.9 Å². The van der Waals surface area contributed by atoms with E-state index in [0.717, 1.165) is 10.2 Å². The van der Waals surface area contributed by atoms with Gasteiger partial charge in [-0.3, -0.25) is 4.79 Å². The summed E-state index contributed by atoms with van der Waals surface area (Å²) in [5, 5.41) is 15.3. The summed E-state index contributed by atoms with van der Waals surface area (Å²) in [5.41, 5.74) is 0.754. The van der Waals surface area contributed by atoms with E-state index in [1.165, 1.54) is 31.3 Å². The fourth-order valence-electron chi connectivity index (χ4n) is 2.03. The summed E-state index contributed by atoms with van der Waals surface area (Å²) in [6, 6.07) is 4.61. The minimum atomic E-state index is -3.04. The molecule has 0 aliphatic carbocycles. The highest BCUT2D eigenvalue weighted by atomic mass is 19.3. The largest absolute Gasteiger partial charge is 0.480 e. The summed E-state index contributed by atoms with van der Waals surface area (Å²) in [5.74, 6) is -2.04. The van der Waals surface area contributed by atoms with Crippen LogP contribution >= 0.6 is 0 Å². The molecule has 0 aliphatic rings. The summed E-state index contributed by atoms with van der Waals surface area (Å²) in [6.07, 6.45) is 1.28. The van der Waals surface area contributed by atoms with Gasteiger partial charge in [0.2, 0.25) is 0 Å². The van der Waals surface area contributed by atoms with Gasteiger partial charge in [0.05, 0.1) is 5.69 Å². The van der Waals surface area contributed by atoms with Gasteiger partial charge in [0.25, 0.3) is 5.91 Å². The van der Waals surface area contributed by atoms with Crippen molar-refractivity contribution in [2.75, 3.05) is 5.32 Å². The molecule has 0 fully saturated rings. The van der Waals surface area contributed by atoms with Gasteiger partial charge in [0.1, 0.15) is 17.5 Å². The van der Waals surface area contributed by atoms with Gasteiger partial charge in [-0.25, -0.2) is 9.48 Å². The Morgan fingerprint density at radius 3 is 2.67 bits per heavy atom. The molecule has 1 aromatic heterocycles. The van der Waals surface area contributed by atoms with Crippen LogP contribution < -0.4 is 10.1 Å². The zero-order valence-corrected chi connectivity index (χ0v) is 12.9. The minimum Gasteiger partial charge on any atom is -0.480 e. The number of anilines is 1. The lowest BCUT2D eigenvalue weighted by atomic mass is 10.2. The van der Waals surface area contributed by atoms with E-state index in [-0.39, 0.29) is 17.1 Å². The molecule has 128 valence electrons. The molecule has 2 N–H and O–H groups in total. The minimum absolute atomic E-state index is 0.0191. The van der Waals surface area contributed by atoms with E-state index in [2.05, 4.69) is 15.2 Å². The van der Waals surface area contributed by atoms with Crippen LogP contribution in [-0.4, -0.2) is 33.4 Å². The van der Waals surface area contributed by atoms with E-state index in [9.17, 15) is 18.4 Å². The van der Waals surface area contributed by atoms with Gasteiger partial charge in [0.15, 0.2) is 0 Å². The summed E-state index contributed by atoms with van der Waals surface area (Å²) < 4.78 is 30.3. The second-order valence-electron chi connectivity index (χ2n) is 5.01. The third-order valence-corrected chi connectivity index (χ3v) is 3.23. The van der Waals surface area contributed by atoms with Crippen molar-refractivity contribution in [3.8, 4) is 5.75 Å². The van der Waals surface area contributed by atoms with Crippen LogP contribution in [0, 0.1) is 6.92 Å². The first-order valence-corrected chi connectivity index (χ1v) is 6.92. The van der Waals surface area contributed by atoms with Crippen molar-refractivity contribution in [1.82, 2.24) is 9.78 Å². The fraction of sp³-hybridized carbons (Fsp3) is 0.267. The molecule has 2 aromatic rings. The number of carbonyl (C=O) groups excluding carboxylic acids is 1. The number of halogens is 2. The Bertz CT molecular complexity index is 761. The van der Waals surface area contributed by atoms with Gasteiger partial charge >= 0.3 is 12.6 Å². The molecule has 7 nitrogen and oxygen atoms in total. The maximum Gasteiger partial charge on any atom is 0.387 e. The SMILES string of the molecule is Cc1ccc(OC(F)F)c(NC(=O)c2ccnn2C(C)C(=O)O)c1. The molecule has 1 aromatic carbocycles. The smallest absolute Gasteiger partial charge is 0.387 e. The number of amides is 1. The molecule has 2 rings (SSSR count). The molecule has 0 aliphatic heterocycles. The van der Waals surface area contributed by atoms with Crippen molar-refractivity contribution in [2.45, 2.75) is 26.5 Å². The van der Waals surface area contributed by atoms with Crippen molar-refractivity contribution in [3.05, 3.63) is 41.7 Å². The van der Waals surface area contributed by atoms with Gasteiger partial charge in [-0.1, -0.05) is 6.07 Å². The number of aryl methyl sites for hydroxylation is 1. The van der Waals surface area contributed by atoms with E-state index in [1.807, 2.05) is 0 Å². The quantitative estimate of drug-likeness (QED) is 0.844. The van der Waals surface area contributed by atoms with Crippen molar-refractivity contribution in [3.63, 3.8) is 0 Å². The third kappa shape index (κ3) is 3.86. The van der Waals surface area contributed by atoms with Crippen LogP contribution in [0.2, 0.25) is 0 Å². The lowest BCUT2D eigenvalue weighted by Gasteiger charge is -2.14. The van der Waals surface area contributed by atoms with Gasteiger partial charge in [-0.15, -0.1) is 0 Å². The van der Waals surface area contributed by atoms with E-state index in [1.54, 1.807) is 13.0 Å². The van der Waals surface area contributed by atoms with Crippen LogP contribution in [0.15, 0.2) is 30.5 Å². The normalized spacial score (nSPS) is 12.0. The average Bonchev–Trinajstić information content (AvgIpc) is 2.98. The molecule has 24 heavy (non-hydrogen) atoms. The number of benzene rings is 1. The average molecular weight is 339 g/mol. The molecule has 9 heteroatoms. The Morgan fingerprint density at radius 2 is 2.04 bits per heavy atom. The third-order valence-electron chi connectivity index (χ3n) is 3.23. The zero-order chi connectivity index (χ0) is 17.9. The standard InChI is InChI=1S/C15H15F2N3O4/c1-8-3-4-12(24-15(16)17)10(7-8)19-13(21)11-5-6-18-20(11)9(2)14(22)23/h3-7,9,15H,1-2H3,(H,19,21)(H,22,23). The Kier molecular flexibility index (Phi) is 5.12. The van der Waals surface area contributed by atoms with Crippen LogP contribution in [0.25, 0.3) is 0 Å².